The van der Waals surface area contributed by atoms with E-state index in [1.807, 2.05) is 4.90 Å². The lowest BCUT2D eigenvalue weighted by molar-refractivity contribution is -0.133. The lowest BCUT2D eigenvalue weighted by Crippen LogP contribution is -2.50. The fourth-order valence-corrected chi connectivity index (χ4v) is 6.46. The summed E-state index contributed by atoms with van der Waals surface area (Å²) in [6, 6.07) is 14.7. The number of amides is 2. The molecule has 0 saturated carbocycles. The van der Waals surface area contributed by atoms with Crippen molar-refractivity contribution in [1.82, 2.24) is 20.3 Å². The van der Waals surface area contributed by atoms with E-state index in [4.69, 9.17) is 4.52 Å². The van der Waals surface area contributed by atoms with Crippen LogP contribution in [0.4, 0.5) is 20.2 Å². The van der Waals surface area contributed by atoms with Gasteiger partial charge in [0.15, 0.2) is 0 Å². The molecule has 11 heteroatoms. The number of aromatic nitrogens is 1. The number of nitrogens with one attached hydrogen (secondary N) is 1. The van der Waals surface area contributed by atoms with E-state index in [0.29, 0.717) is 52.1 Å². The normalized spacial score (nSPS) is 21.3. The van der Waals surface area contributed by atoms with Gasteiger partial charge in [-0.1, -0.05) is 5.16 Å². The van der Waals surface area contributed by atoms with Gasteiger partial charge in [-0.25, -0.2) is 8.78 Å². The van der Waals surface area contributed by atoms with Gasteiger partial charge in [-0.2, -0.15) is 0 Å². The number of halogens is 2. The summed E-state index contributed by atoms with van der Waals surface area (Å²) in [5.74, 6) is 0.155. The third-order valence-electron chi connectivity index (χ3n) is 9.03. The first-order valence-electron chi connectivity index (χ1n) is 15.2. The van der Waals surface area contributed by atoms with Crippen molar-refractivity contribution in [3.05, 3.63) is 77.7 Å². The lowest BCUT2D eigenvalue weighted by atomic mass is 9.81. The van der Waals surface area contributed by atoms with Crippen molar-refractivity contribution in [3.63, 3.8) is 0 Å². The topological polar surface area (TPSA) is 85.2 Å². The highest BCUT2D eigenvalue weighted by molar-refractivity contribution is 5.91. The molecule has 2 unspecified atom stereocenters. The molecule has 2 amide bonds. The second-order valence-corrected chi connectivity index (χ2v) is 11.7. The molecule has 0 spiro atoms. The number of hydrogen-bond donors (Lipinski definition) is 1. The molecule has 228 valence electrons. The predicted octanol–water partition coefficient (Wildman–Crippen LogP) is 3.42. The predicted molar refractivity (Wildman–Crippen MR) is 159 cm³/mol. The molecule has 4 heterocycles. The molecule has 3 aromatic rings. The van der Waals surface area contributed by atoms with Crippen molar-refractivity contribution in [2.24, 2.45) is 11.8 Å². The largest absolute Gasteiger partial charge is 0.368 e. The average molecular weight is 593 g/mol. The summed E-state index contributed by atoms with van der Waals surface area (Å²) >= 11 is 0. The Kier molecular flexibility index (Phi) is 8.87. The first-order chi connectivity index (χ1) is 20.9. The Morgan fingerprint density at radius 3 is 1.93 bits per heavy atom. The van der Waals surface area contributed by atoms with Crippen molar-refractivity contribution >= 4 is 23.2 Å². The number of piperidine rings is 1. The van der Waals surface area contributed by atoms with Gasteiger partial charge in [0.1, 0.15) is 11.6 Å². The smallest absolute Gasteiger partial charge is 0.292 e. The Bertz CT molecular complexity index is 1380. The molecule has 6 rings (SSSR count). The fourth-order valence-electron chi connectivity index (χ4n) is 6.46. The number of piperazine rings is 2. The molecule has 9 nitrogen and oxygen atoms in total. The van der Waals surface area contributed by atoms with E-state index in [9.17, 15) is 18.4 Å². The van der Waals surface area contributed by atoms with E-state index >= 15 is 0 Å². The number of nitrogens with zero attached hydrogens (tertiary/aromatic N) is 5. The van der Waals surface area contributed by atoms with Crippen LogP contribution in [-0.4, -0.2) is 92.2 Å². The van der Waals surface area contributed by atoms with Crippen LogP contribution in [0.3, 0.4) is 0 Å². The molecule has 0 radical (unpaired) electrons. The third-order valence-corrected chi connectivity index (χ3v) is 9.03. The van der Waals surface area contributed by atoms with Crippen LogP contribution in [0.1, 0.15) is 29.1 Å². The molecule has 2 aromatic carbocycles. The van der Waals surface area contributed by atoms with E-state index < -0.39 is 0 Å². The first-order valence-corrected chi connectivity index (χ1v) is 15.2. The standard InChI is InChI=1S/C32H38F2N6O3/c33-25-1-5-28(6-2-25)37-11-15-39(16-12-37)31(41)20-23-9-10-35-22-24(23)19-27-21-30(43-36-27)32(42)40-17-13-38(14-18-40)29-7-3-26(34)4-8-29/h1-8,21,23-24,35H,9-20,22H2. The minimum absolute atomic E-state index is 0.173. The van der Waals surface area contributed by atoms with Crippen LogP contribution in [0.2, 0.25) is 0 Å². The molecule has 43 heavy (non-hydrogen) atoms. The number of hydrogen-bond acceptors (Lipinski definition) is 7. The Morgan fingerprint density at radius 2 is 1.35 bits per heavy atom. The molecular formula is C32H38F2N6O3. The van der Waals surface area contributed by atoms with Gasteiger partial charge in [-0.05, 0) is 86.3 Å². The fraction of sp³-hybridized carbons (Fsp3) is 0.469. The summed E-state index contributed by atoms with van der Waals surface area (Å²) in [4.78, 5) is 34.5. The minimum Gasteiger partial charge on any atom is -0.368 e. The van der Waals surface area contributed by atoms with E-state index in [-0.39, 0.29) is 41.0 Å². The van der Waals surface area contributed by atoms with Crippen molar-refractivity contribution in [2.45, 2.75) is 19.3 Å². The molecule has 0 bridgehead atoms. The number of carbonyl (C=O) groups excluding carboxylic acids is 2. The molecule has 3 saturated heterocycles. The van der Waals surface area contributed by atoms with Crippen molar-refractivity contribution < 1.29 is 22.9 Å². The number of rotatable bonds is 7. The average Bonchev–Trinajstić information content (AvgIpc) is 3.51. The van der Waals surface area contributed by atoms with Crippen LogP contribution < -0.4 is 15.1 Å². The third kappa shape index (κ3) is 6.98. The van der Waals surface area contributed by atoms with E-state index in [0.717, 1.165) is 49.7 Å². The van der Waals surface area contributed by atoms with Gasteiger partial charge in [0.05, 0.1) is 5.69 Å². The minimum atomic E-state index is -0.265. The zero-order chi connectivity index (χ0) is 29.8. The zero-order valence-corrected chi connectivity index (χ0v) is 24.3. The van der Waals surface area contributed by atoms with Crippen LogP contribution in [-0.2, 0) is 11.2 Å². The summed E-state index contributed by atoms with van der Waals surface area (Å²) in [6.07, 6.45) is 2.04. The van der Waals surface area contributed by atoms with E-state index in [1.165, 1.54) is 24.3 Å². The van der Waals surface area contributed by atoms with Gasteiger partial charge in [-0.3, -0.25) is 9.59 Å². The highest BCUT2D eigenvalue weighted by atomic mass is 19.1. The molecule has 3 aliphatic heterocycles. The number of carbonyl (C=O) groups is 2. The van der Waals surface area contributed by atoms with Gasteiger partial charge in [0.25, 0.3) is 5.91 Å². The summed E-state index contributed by atoms with van der Waals surface area (Å²) in [5, 5.41) is 7.67. The first kappa shape index (κ1) is 29.1. The second kappa shape index (κ2) is 13.1. The SMILES string of the molecule is O=C(CC1CCNCC1Cc1cc(C(=O)N2CCN(c3ccc(F)cc3)CC2)on1)N1CCN(c2ccc(F)cc2)CC1. The maximum absolute atomic E-state index is 13.3. The van der Waals surface area contributed by atoms with Gasteiger partial charge < -0.3 is 29.4 Å². The molecule has 0 aliphatic carbocycles. The van der Waals surface area contributed by atoms with Crippen LogP contribution in [0.5, 0.6) is 0 Å². The maximum atomic E-state index is 13.3. The van der Waals surface area contributed by atoms with Crippen molar-refractivity contribution in [3.8, 4) is 0 Å². The molecule has 1 N–H and O–H groups in total. The Labute approximate surface area is 250 Å². The quantitative estimate of drug-likeness (QED) is 0.450. The monoisotopic (exact) mass is 592 g/mol. The number of benzene rings is 2. The Hall–Kier alpha value is -3.99. The van der Waals surface area contributed by atoms with E-state index in [2.05, 4.69) is 20.3 Å². The van der Waals surface area contributed by atoms with Crippen molar-refractivity contribution in [2.75, 3.05) is 75.2 Å². The highest BCUT2D eigenvalue weighted by Gasteiger charge is 2.32. The van der Waals surface area contributed by atoms with Crippen LogP contribution >= 0.6 is 0 Å². The van der Waals surface area contributed by atoms with Gasteiger partial charge in [0, 0.05) is 76.2 Å². The van der Waals surface area contributed by atoms with Crippen LogP contribution in [0, 0.1) is 23.5 Å². The lowest BCUT2D eigenvalue weighted by Gasteiger charge is -2.38. The maximum Gasteiger partial charge on any atom is 0.292 e. The molecule has 2 atom stereocenters. The summed E-state index contributed by atoms with van der Waals surface area (Å²) in [7, 11) is 0. The van der Waals surface area contributed by atoms with Gasteiger partial charge in [0.2, 0.25) is 11.7 Å². The Morgan fingerprint density at radius 1 is 0.791 bits per heavy atom. The molecule has 3 fully saturated rings. The van der Waals surface area contributed by atoms with Gasteiger partial charge >= 0.3 is 0 Å². The van der Waals surface area contributed by atoms with Crippen molar-refractivity contribution in [1.29, 1.82) is 0 Å². The zero-order valence-electron chi connectivity index (χ0n) is 24.3. The molecule has 3 aliphatic rings. The second-order valence-electron chi connectivity index (χ2n) is 11.7. The number of anilines is 2. The summed E-state index contributed by atoms with van der Waals surface area (Å²) in [6.45, 7) is 6.82. The van der Waals surface area contributed by atoms with Gasteiger partial charge in [-0.15, -0.1) is 0 Å². The Balaban J connectivity index is 0.992. The highest BCUT2D eigenvalue weighted by Crippen LogP contribution is 2.28. The van der Waals surface area contributed by atoms with Crippen LogP contribution in [0.15, 0.2) is 59.1 Å². The van der Waals surface area contributed by atoms with Crippen LogP contribution in [0.25, 0.3) is 0 Å². The van der Waals surface area contributed by atoms with E-state index in [1.54, 1.807) is 35.2 Å². The molecule has 1 aromatic heterocycles. The summed E-state index contributed by atoms with van der Waals surface area (Å²) in [5.41, 5.74) is 2.65. The summed E-state index contributed by atoms with van der Waals surface area (Å²) < 4.78 is 32.0. The molecular weight excluding hydrogens is 554 g/mol.